The van der Waals surface area contributed by atoms with Gasteiger partial charge in [-0.05, 0) is 37.3 Å². The molecule has 1 aliphatic heterocycles. The molecule has 0 spiro atoms. The molecule has 0 atom stereocenters. The van der Waals surface area contributed by atoms with Gasteiger partial charge in [0.25, 0.3) is 5.91 Å². The normalized spacial score (nSPS) is 15.1. The van der Waals surface area contributed by atoms with Gasteiger partial charge in [-0.3, -0.25) is 9.69 Å². The van der Waals surface area contributed by atoms with E-state index in [0.29, 0.717) is 54.3 Å². The highest BCUT2D eigenvalue weighted by atomic mass is 32.2. The number of aromatic nitrogens is 2. The van der Waals surface area contributed by atoms with Crippen LogP contribution in [0.15, 0.2) is 57.9 Å². The Balaban J connectivity index is 1.19. The molecule has 0 N–H and O–H groups in total. The summed E-state index contributed by atoms with van der Waals surface area (Å²) < 4.78 is 44.7. The molecule has 188 valence electrons. The van der Waals surface area contributed by atoms with E-state index in [4.69, 9.17) is 4.52 Å². The van der Waals surface area contributed by atoms with E-state index in [1.807, 2.05) is 42.2 Å². The highest BCUT2D eigenvalue weighted by molar-refractivity contribution is 7.98. The van der Waals surface area contributed by atoms with E-state index in [1.54, 1.807) is 11.8 Å². The molecule has 5 rings (SSSR count). The van der Waals surface area contributed by atoms with Gasteiger partial charge in [-0.1, -0.05) is 17.3 Å². The molecule has 2 aromatic carbocycles. The molecule has 0 radical (unpaired) electrons. The number of rotatable bonds is 6. The zero-order chi connectivity index (χ0) is 25.3. The van der Waals surface area contributed by atoms with E-state index in [-0.39, 0.29) is 5.91 Å². The number of alkyl halides is 3. The Morgan fingerprint density at radius 3 is 2.61 bits per heavy atom. The number of benzene rings is 2. The molecular formula is C25H23F3N4O2S2. The number of thiazole rings is 1. The summed E-state index contributed by atoms with van der Waals surface area (Å²) in [6, 6.07) is 13.1. The third kappa shape index (κ3) is 5.58. The third-order valence-corrected chi connectivity index (χ3v) is 8.06. The van der Waals surface area contributed by atoms with Gasteiger partial charge in [0, 0.05) is 42.9 Å². The van der Waals surface area contributed by atoms with Gasteiger partial charge in [0.15, 0.2) is 0 Å². The molecule has 1 fully saturated rings. The van der Waals surface area contributed by atoms with Gasteiger partial charge in [-0.25, -0.2) is 4.98 Å². The van der Waals surface area contributed by atoms with Crippen LogP contribution in [0.5, 0.6) is 0 Å². The largest absolute Gasteiger partial charge is 0.416 e. The summed E-state index contributed by atoms with van der Waals surface area (Å²) in [5, 5.41) is 4.79. The Labute approximate surface area is 214 Å². The number of halogens is 3. The summed E-state index contributed by atoms with van der Waals surface area (Å²) in [6.07, 6.45) is -4.37. The SMILES string of the molecule is Cc1cc(CSc2ccccc2C(=O)N2CCN(Cc3nc4ccc(C(F)(F)F)cc4s3)CC2)no1. The Morgan fingerprint density at radius 2 is 1.89 bits per heavy atom. The number of carbonyl (C=O) groups is 1. The van der Waals surface area contributed by atoms with Crippen LogP contribution in [0.25, 0.3) is 10.2 Å². The maximum absolute atomic E-state index is 13.3. The highest BCUT2D eigenvalue weighted by Gasteiger charge is 2.31. The molecule has 4 aromatic rings. The summed E-state index contributed by atoms with van der Waals surface area (Å²) in [5.74, 6) is 1.36. The fourth-order valence-corrected chi connectivity index (χ4v) is 6.07. The van der Waals surface area contributed by atoms with Crippen molar-refractivity contribution < 1.29 is 22.5 Å². The predicted molar refractivity (Wildman–Crippen MR) is 133 cm³/mol. The second-order valence-electron chi connectivity index (χ2n) is 8.57. The number of hydrogen-bond acceptors (Lipinski definition) is 7. The monoisotopic (exact) mass is 532 g/mol. The minimum Gasteiger partial charge on any atom is -0.361 e. The maximum Gasteiger partial charge on any atom is 0.416 e. The van der Waals surface area contributed by atoms with E-state index in [9.17, 15) is 18.0 Å². The minimum atomic E-state index is -4.37. The van der Waals surface area contributed by atoms with Crippen LogP contribution in [0.3, 0.4) is 0 Å². The summed E-state index contributed by atoms with van der Waals surface area (Å²) in [4.78, 5) is 22.7. The minimum absolute atomic E-state index is 0.00579. The fourth-order valence-electron chi connectivity index (χ4n) is 4.09. The number of nitrogens with zero attached hydrogens (tertiary/aromatic N) is 4. The molecule has 1 amide bonds. The molecule has 1 saturated heterocycles. The van der Waals surface area contributed by atoms with Crippen molar-refractivity contribution in [1.82, 2.24) is 19.9 Å². The van der Waals surface area contributed by atoms with Crippen LogP contribution in [-0.4, -0.2) is 52.0 Å². The van der Waals surface area contributed by atoms with Gasteiger partial charge in [0.05, 0.1) is 33.6 Å². The topological polar surface area (TPSA) is 62.5 Å². The van der Waals surface area contributed by atoms with Crippen molar-refractivity contribution >= 4 is 39.2 Å². The summed E-state index contributed by atoms with van der Waals surface area (Å²) in [7, 11) is 0. The van der Waals surface area contributed by atoms with Crippen LogP contribution in [0.4, 0.5) is 13.2 Å². The average molecular weight is 533 g/mol. The van der Waals surface area contributed by atoms with Gasteiger partial charge in [-0.15, -0.1) is 23.1 Å². The van der Waals surface area contributed by atoms with Crippen LogP contribution in [-0.2, 0) is 18.5 Å². The van der Waals surface area contributed by atoms with Gasteiger partial charge >= 0.3 is 6.18 Å². The average Bonchev–Trinajstić information content (AvgIpc) is 3.47. The standard InChI is InChI=1S/C25H23F3N4O2S2/c1-16-12-18(30-34-16)15-35-21-5-3-2-4-19(21)24(33)32-10-8-31(9-11-32)14-23-29-20-7-6-17(25(26,27)28)13-22(20)36-23/h2-7,12-13H,8-11,14-15H2,1H3. The lowest BCUT2D eigenvalue weighted by Gasteiger charge is -2.34. The summed E-state index contributed by atoms with van der Waals surface area (Å²) >= 11 is 2.84. The molecule has 6 nitrogen and oxygen atoms in total. The Morgan fingerprint density at radius 1 is 1.11 bits per heavy atom. The maximum atomic E-state index is 13.3. The Kier molecular flexibility index (Phi) is 7.05. The molecule has 3 heterocycles. The van der Waals surface area contributed by atoms with Gasteiger partial charge < -0.3 is 9.42 Å². The first-order chi connectivity index (χ1) is 17.3. The van der Waals surface area contributed by atoms with E-state index in [1.165, 1.54) is 17.4 Å². The van der Waals surface area contributed by atoms with Crippen LogP contribution in [0, 0.1) is 6.92 Å². The van der Waals surface area contributed by atoms with Crippen LogP contribution in [0.1, 0.15) is 32.4 Å². The van der Waals surface area contributed by atoms with Gasteiger partial charge in [0.2, 0.25) is 0 Å². The lowest BCUT2D eigenvalue weighted by molar-refractivity contribution is -0.137. The Bertz CT molecular complexity index is 1380. The van der Waals surface area contributed by atoms with E-state index >= 15 is 0 Å². The molecule has 36 heavy (non-hydrogen) atoms. The second-order valence-corrected chi connectivity index (χ2v) is 10.7. The lowest BCUT2D eigenvalue weighted by atomic mass is 10.2. The first-order valence-electron chi connectivity index (χ1n) is 11.4. The zero-order valence-electron chi connectivity index (χ0n) is 19.4. The number of fused-ring (bicyclic) bond motifs is 1. The van der Waals surface area contributed by atoms with Crippen molar-refractivity contribution in [1.29, 1.82) is 0 Å². The quantitative estimate of drug-likeness (QED) is 0.290. The fraction of sp³-hybridized carbons (Fsp3) is 0.320. The molecule has 0 saturated carbocycles. The molecule has 0 unspecified atom stereocenters. The second kappa shape index (κ2) is 10.2. The van der Waals surface area contributed by atoms with Crippen molar-refractivity contribution in [3.63, 3.8) is 0 Å². The van der Waals surface area contributed by atoms with Gasteiger partial charge in [-0.2, -0.15) is 13.2 Å². The molecule has 2 aromatic heterocycles. The predicted octanol–water partition coefficient (Wildman–Crippen LogP) is 5.86. The summed E-state index contributed by atoms with van der Waals surface area (Å²) in [5.41, 5.74) is 1.42. The van der Waals surface area contributed by atoms with Crippen molar-refractivity contribution in [2.75, 3.05) is 26.2 Å². The smallest absolute Gasteiger partial charge is 0.361 e. The van der Waals surface area contributed by atoms with Crippen molar-refractivity contribution in [3.8, 4) is 0 Å². The van der Waals surface area contributed by atoms with Crippen molar-refractivity contribution in [3.05, 3.63) is 76.1 Å². The number of piperazine rings is 1. The molecule has 0 aliphatic carbocycles. The van der Waals surface area contributed by atoms with Gasteiger partial charge in [0.1, 0.15) is 10.8 Å². The Hall–Kier alpha value is -2.89. The first-order valence-corrected chi connectivity index (χ1v) is 13.2. The lowest BCUT2D eigenvalue weighted by Crippen LogP contribution is -2.48. The highest BCUT2D eigenvalue weighted by Crippen LogP contribution is 2.33. The summed E-state index contributed by atoms with van der Waals surface area (Å²) in [6.45, 7) is 4.88. The van der Waals surface area contributed by atoms with Crippen LogP contribution < -0.4 is 0 Å². The van der Waals surface area contributed by atoms with E-state index < -0.39 is 11.7 Å². The number of amides is 1. The van der Waals surface area contributed by atoms with Crippen molar-refractivity contribution in [2.24, 2.45) is 0 Å². The number of hydrogen-bond donors (Lipinski definition) is 0. The number of aryl methyl sites for hydroxylation is 1. The van der Waals surface area contributed by atoms with Crippen LogP contribution in [0.2, 0.25) is 0 Å². The molecular weight excluding hydrogens is 509 g/mol. The van der Waals surface area contributed by atoms with E-state index in [2.05, 4.69) is 15.0 Å². The third-order valence-electron chi connectivity index (χ3n) is 5.95. The molecule has 0 bridgehead atoms. The van der Waals surface area contributed by atoms with Crippen LogP contribution >= 0.6 is 23.1 Å². The number of carbonyl (C=O) groups excluding carboxylic acids is 1. The molecule has 11 heteroatoms. The first kappa shape index (κ1) is 24.8. The molecule has 1 aliphatic rings. The zero-order valence-corrected chi connectivity index (χ0v) is 21.1. The van der Waals surface area contributed by atoms with E-state index in [0.717, 1.165) is 33.5 Å². The van der Waals surface area contributed by atoms with Crippen molar-refractivity contribution in [2.45, 2.75) is 30.3 Å². The number of thioether (sulfide) groups is 1.